The lowest BCUT2D eigenvalue weighted by Crippen LogP contribution is -2.41. The number of hydrogen-bond acceptors (Lipinski definition) is 5. The molecule has 1 aromatic carbocycles. The van der Waals surface area contributed by atoms with Gasteiger partial charge in [-0.15, -0.1) is 0 Å². The quantitative estimate of drug-likeness (QED) is 0.740. The molecule has 3 rings (SSSR count). The molecule has 3 N–H and O–H groups in total. The predicted molar refractivity (Wildman–Crippen MR) is 100 cm³/mol. The van der Waals surface area contributed by atoms with Crippen LogP contribution in [0.5, 0.6) is 11.5 Å². The summed E-state index contributed by atoms with van der Waals surface area (Å²) in [7, 11) is 1.60. The Bertz CT molecular complexity index is 727. The fourth-order valence-electron chi connectivity index (χ4n) is 3.27. The summed E-state index contributed by atoms with van der Waals surface area (Å²) in [6.07, 6.45) is 7.12. The minimum absolute atomic E-state index is 0.0106. The number of aromatic nitrogens is 1. The first kappa shape index (κ1) is 18.0. The predicted octanol–water partition coefficient (Wildman–Crippen LogP) is 3.40. The molecule has 6 nitrogen and oxygen atoms in total. The fraction of sp³-hybridized carbons (Fsp3) is 0.400. The van der Waals surface area contributed by atoms with Gasteiger partial charge in [-0.25, -0.2) is 4.98 Å². The number of methoxy groups -OCH3 is 1. The highest BCUT2D eigenvalue weighted by atomic mass is 16.5. The fourth-order valence-corrected chi connectivity index (χ4v) is 3.27. The van der Waals surface area contributed by atoms with Crippen molar-refractivity contribution in [3.05, 3.63) is 48.2 Å². The number of carbonyl (C=O) groups is 1. The monoisotopic (exact) mass is 355 g/mol. The molecular weight excluding hydrogens is 330 g/mol. The summed E-state index contributed by atoms with van der Waals surface area (Å²) in [6, 6.07) is 10.1. The maximum Gasteiger partial charge on any atom is 0.247 e. The average Bonchev–Trinajstić information content (AvgIpc) is 2.68. The first-order valence-electron chi connectivity index (χ1n) is 9.02. The Kier molecular flexibility index (Phi) is 5.94. The molecule has 26 heavy (non-hydrogen) atoms. The summed E-state index contributed by atoms with van der Waals surface area (Å²) in [5.41, 5.74) is 0.782. The van der Waals surface area contributed by atoms with E-state index in [0.717, 1.165) is 37.0 Å². The smallest absolute Gasteiger partial charge is 0.247 e. The van der Waals surface area contributed by atoms with Crippen LogP contribution >= 0.6 is 0 Å². The molecule has 1 aromatic heterocycles. The molecule has 0 aliphatic heterocycles. The lowest BCUT2D eigenvalue weighted by molar-refractivity contribution is -0.122. The molecule has 0 saturated heterocycles. The van der Waals surface area contributed by atoms with E-state index in [0.29, 0.717) is 0 Å². The molecule has 1 atom stereocenters. The Labute approximate surface area is 153 Å². The third-order valence-electron chi connectivity index (χ3n) is 4.73. The van der Waals surface area contributed by atoms with E-state index < -0.39 is 6.04 Å². The number of aromatic hydroxyl groups is 1. The van der Waals surface area contributed by atoms with E-state index >= 15 is 0 Å². The second-order valence-corrected chi connectivity index (χ2v) is 6.57. The van der Waals surface area contributed by atoms with Crippen LogP contribution in [0.15, 0.2) is 42.6 Å². The molecule has 1 unspecified atom stereocenters. The Hall–Kier alpha value is -2.76. The molecule has 1 aliphatic rings. The van der Waals surface area contributed by atoms with Crippen molar-refractivity contribution in [2.45, 2.75) is 44.2 Å². The zero-order valence-electron chi connectivity index (χ0n) is 14.9. The normalized spacial score (nSPS) is 15.9. The largest absolute Gasteiger partial charge is 0.504 e. The standard InChI is InChI=1S/C20H25N3O3/c1-26-16-11-9-14(10-12-16)18(23-19-17(24)8-5-13-21-19)20(25)22-15-6-3-2-4-7-15/h5,8-13,15,18,24H,2-4,6-7H2,1H3,(H,21,23)(H,22,25). The highest BCUT2D eigenvalue weighted by Gasteiger charge is 2.25. The van der Waals surface area contributed by atoms with Crippen molar-refractivity contribution in [3.63, 3.8) is 0 Å². The van der Waals surface area contributed by atoms with Crippen LogP contribution in [0.4, 0.5) is 5.82 Å². The molecule has 1 heterocycles. The van der Waals surface area contributed by atoms with Gasteiger partial charge in [0.25, 0.3) is 0 Å². The number of anilines is 1. The van der Waals surface area contributed by atoms with Gasteiger partial charge in [-0.2, -0.15) is 0 Å². The number of ether oxygens (including phenoxy) is 1. The molecule has 138 valence electrons. The van der Waals surface area contributed by atoms with Crippen LogP contribution in [0, 0.1) is 0 Å². The van der Waals surface area contributed by atoms with Crippen molar-refractivity contribution in [1.82, 2.24) is 10.3 Å². The molecule has 2 aromatic rings. The number of benzene rings is 1. The van der Waals surface area contributed by atoms with Gasteiger partial charge in [0, 0.05) is 12.2 Å². The van der Waals surface area contributed by atoms with Gasteiger partial charge in [0.2, 0.25) is 5.91 Å². The van der Waals surface area contributed by atoms with E-state index in [4.69, 9.17) is 4.74 Å². The first-order chi connectivity index (χ1) is 12.7. The topological polar surface area (TPSA) is 83.5 Å². The van der Waals surface area contributed by atoms with Gasteiger partial charge in [-0.3, -0.25) is 4.79 Å². The first-order valence-corrected chi connectivity index (χ1v) is 9.02. The number of rotatable bonds is 6. The second-order valence-electron chi connectivity index (χ2n) is 6.57. The van der Waals surface area contributed by atoms with E-state index in [1.54, 1.807) is 25.4 Å². The minimum atomic E-state index is -0.649. The Morgan fingerprint density at radius 3 is 2.58 bits per heavy atom. The van der Waals surface area contributed by atoms with Crippen molar-refractivity contribution < 1.29 is 14.6 Å². The summed E-state index contributed by atoms with van der Waals surface area (Å²) in [6.45, 7) is 0. The van der Waals surface area contributed by atoms with Crippen molar-refractivity contribution in [2.75, 3.05) is 12.4 Å². The van der Waals surface area contributed by atoms with Crippen LogP contribution in [0.3, 0.4) is 0 Å². The van der Waals surface area contributed by atoms with Gasteiger partial charge in [0.15, 0.2) is 11.6 Å². The van der Waals surface area contributed by atoms with Crippen LogP contribution in [0.2, 0.25) is 0 Å². The summed E-state index contributed by atoms with van der Waals surface area (Å²) in [5.74, 6) is 0.900. The van der Waals surface area contributed by atoms with Gasteiger partial charge < -0.3 is 20.5 Å². The summed E-state index contributed by atoms with van der Waals surface area (Å²) in [5, 5.41) is 16.2. The molecule has 1 saturated carbocycles. The second kappa shape index (κ2) is 8.56. The summed E-state index contributed by atoms with van der Waals surface area (Å²) in [4.78, 5) is 17.1. The average molecular weight is 355 g/mol. The lowest BCUT2D eigenvalue weighted by Gasteiger charge is -2.26. The number of nitrogens with zero attached hydrogens (tertiary/aromatic N) is 1. The van der Waals surface area contributed by atoms with Crippen molar-refractivity contribution >= 4 is 11.7 Å². The number of carbonyl (C=O) groups excluding carboxylic acids is 1. The van der Waals surface area contributed by atoms with Crippen LogP contribution in [0.1, 0.15) is 43.7 Å². The number of hydrogen-bond donors (Lipinski definition) is 3. The Morgan fingerprint density at radius 2 is 1.92 bits per heavy atom. The SMILES string of the molecule is COc1ccc(C(Nc2ncccc2O)C(=O)NC2CCCCC2)cc1. The molecule has 0 spiro atoms. The molecule has 0 bridgehead atoms. The maximum absolute atomic E-state index is 13.0. The van der Waals surface area contributed by atoms with E-state index in [-0.39, 0.29) is 23.5 Å². The molecule has 1 amide bonds. The van der Waals surface area contributed by atoms with E-state index in [2.05, 4.69) is 15.6 Å². The lowest BCUT2D eigenvalue weighted by atomic mass is 9.95. The van der Waals surface area contributed by atoms with E-state index in [9.17, 15) is 9.90 Å². The maximum atomic E-state index is 13.0. The Balaban J connectivity index is 1.82. The van der Waals surface area contributed by atoms with Crippen LogP contribution in [0.25, 0.3) is 0 Å². The highest BCUT2D eigenvalue weighted by Crippen LogP contribution is 2.27. The third-order valence-corrected chi connectivity index (χ3v) is 4.73. The highest BCUT2D eigenvalue weighted by molar-refractivity contribution is 5.86. The molecule has 1 aliphatic carbocycles. The zero-order chi connectivity index (χ0) is 18.4. The van der Waals surface area contributed by atoms with Crippen molar-refractivity contribution in [1.29, 1.82) is 0 Å². The Morgan fingerprint density at radius 1 is 1.19 bits per heavy atom. The minimum Gasteiger partial charge on any atom is -0.504 e. The van der Waals surface area contributed by atoms with Gasteiger partial charge in [0.1, 0.15) is 11.8 Å². The molecule has 6 heteroatoms. The van der Waals surface area contributed by atoms with Gasteiger partial charge in [-0.1, -0.05) is 31.4 Å². The van der Waals surface area contributed by atoms with E-state index in [1.165, 1.54) is 6.42 Å². The van der Waals surface area contributed by atoms with Crippen LogP contribution in [-0.4, -0.2) is 29.1 Å². The third kappa shape index (κ3) is 4.45. The molecule has 1 fully saturated rings. The number of pyridine rings is 1. The van der Waals surface area contributed by atoms with Crippen molar-refractivity contribution in [2.24, 2.45) is 0 Å². The van der Waals surface area contributed by atoms with Crippen LogP contribution < -0.4 is 15.4 Å². The molecule has 0 radical (unpaired) electrons. The number of nitrogens with one attached hydrogen (secondary N) is 2. The molecular formula is C20H25N3O3. The summed E-state index contributed by atoms with van der Waals surface area (Å²) < 4.78 is 5.19. The van der Waals surface area contributed by atoms with Gasteiger partial charge in [0.05, 0.1) is 7.11 Å². The van der Waals surface area contributed by atoms with E-state index in [1.807, 2.05) is 24.3 Å². The van der Waals surface area contributed by atoms with Gasteiger partial charge >= 0.3 is 0 Å². The summed E-state index contributed by atoms with van der Waals surface area (Å²) >= 11 is 0. The van der Waals surface area contributed by atoms with Crippen molar-refractivity contribution in [3.8, 4) is 11.5 Å². The van der Waals surface area contributed by atoms with Crippen LogP contribution in [-0.2, 0) is 4.79 Å². The zero-order valence-corrected chi connectivity index (χ0v) is 14.9. The number of amides is 1. The van der Waals surface area contributed by atoms with Gasteiger partial charge in [-0.05, 0) is 42.7 Å².